The molecule has 3 aliphatic carbocycles. The molecule has 0 amide bonds. The second-order valence-corrected chi connectivity index (χ2v) is 37.0. The molecule has 18 rings (SSSR count). The monoisotopic (exact) mass is 1490 g/mol. The van der Waals surface area contributed by atoms with Gasteiger partial charge in [0.1, 0.15) is 21.1 Å². The summed E-state index contributed by atoms with van der Waals surface area (Å²) in [6.45, 7) is 49.5. The quantitative estimate of drug-likeness (QED) is 0.147. The van der Waals surface area contributed by atoms with Crippen LogP contribution in [0.3, 0.4) is 0 Å². The van der Waals surface area contributed by atoms with E-state index in [1.54, 1.807) is 0 Å². The van der Waals surface area contributed by atoms with Crippen molar-refractivity contribution in [3.8, 4) is 101 Å². The van der Waals surface area contributed by atoms with Crippen molar-refractivity contribution in [3.05, 3.63) is 339 Å². The van der Waals surface area contributed by atoms with E-state index < -0.39 is 0 Å². The molecule has 3 heteroatoms. The largest absolute Gasteiger partial charge is 0.213 e. The van der Waals surface area contributed by atoms with Gasteiger partial charge in [0.2, 0.25) is 17.1 Å². The molecule has 0 atom stereocenters. The van der Waals surface area contributed by atoms with Gasteiger partial charge in [0.25, 0.3) is 0 Å². The molecule has 0 N–H and O–H groups in total. The summed E-state index contributed by atoms with van der Waals surface area (Å²) in [6.07, 6.45) is 6.87. The van der Waals surface area contributed by atoms with Crippen molar-refractivity contribution in [2.75, 3.05) is 0 Å². The SMILES string of the molecule is Cc1c[n+](C)c(-c2cc3c(cc2C)-c2c(ccc4ccccc24)C(C)(C)C3(C)C)cc1-c1c(C)cccc1C.Cc1cc(-c2ccc3c(c2C)C(C)(C)C(C)(C)c2cc4ccccc4cc2-3)[n+](C)cc1-c1ccccc1.Cc1ccccc1-c1cc(-c2ccc3c(c2C)C(C)(C)C(C)(C)c2c-3ccc3ccccc23)[n+](C)cc1C. The number of nitrogens with zero attached hydrogens (tertiary/aromatic N) is 3. The highest BCUT2D eigenvalue weighted by Crippen LogP contribution is 2.61. The van der Waals surface area contributed by atoms with Crippen molar-refractivity contribution in [2.24, 2.45) is 21.1 Å². The lowest BCUT2D eigenvalue weighted by Gasteiger charge is -2.49. The molecule has 0 radical (unpaired) electrons. The Morgan fingerprint density at radius 3 is 1.26 bits per heavy atom. The fraction of sp³-hybridized carbons (Fsp3) is 0.270. The van der Waals surface area contributed by atoms with Crippen molar-refractivity contribution in [1.82, 2.24) is 0 Å². The van der Waals surface area contributed by atoms with Gasteiger partial charge < -0.3 is 0 Å². The van der Waals surface area contributed by atoms with E-state index >= 15 is 0 Å². The Bertz CT molecular complexity index is 6460. The van der Waals surface area contributed by atoms with Gasteiger partial charge in [-0.15, -0.1) is 0 Å². The third-order valence-corrected chi connectivity index (χ3v) is 29.0. The van der Waals surface area contributed by atoms with Crippen LogP contribution in [-0.4, -0.2) is 0 Å². The third-order valence-electron chi connectivity index (χ3n) is 29.0. The van der Waals surface area contributed by atoms with Gasteiger partial charge in [-0.05, 0) is 286 Å². The number of aryl methyl sites for hydroxylation is 10. The van der Waals surface area contributed by atoms with E-state index in [2.05, 4.69) is 435 Å². The van der Waals surface area contributed by atoms with E-state index in [-0.39, 0.29) is 32.5 Å². The van der Waals surface area contributed by atoms with Crippen LogP contribution in [0.2, 0.25) is 0 Å². The normalized spacial score (nSPS) is 15.3. The second kappa shape index (κ2) is 27.9. The van der Waals surface area contributed by atoms with Gasteiger partial charge in [-0.2, -0.15) is 0 Å². The van der Waals surface area contributed by atoms with Crippen LogP contribution in [0.1, 0.15) is 167 Å². The Morgan fingerprint density at radius 1 is 0.211 bits per heavy atom. The standard InChI is InChI=1S/C38H40N.C37H38N.C36H36N/c1-23-13-12-14-24(2)35(23)30-21-34(39(9)22-26(30)4)29-20-33-31(19-25(29)3)36-28-16-11-10-15-27(28)17-18-32(36)37(5,6)38(33,7)8;1-23-13-9-11-15-27(23)32-21-33(38(8)22-24(32)2)28-19-20-30-31-18-17-26-14-10-12-16-29(26)35(31)37(6,7)36(4,5)34(30)25(28)3;1-23-19-33(37(7)22-31(23)25-13-9-8-10-14-25)28-17-18-29-30-20-26-15-11-12-16-27(26)21-32(30)35(3,4)36(5,6)34(29)24(28)2/h10-22H,1-9H3;9-22H,1-8H3;8-22H,1-7H3/q3*+1. The number of hydrogen-bond acceptors (Lipinski definition) is 0. The first-order valence-electron chi connectivity index (χ1n) is 41.3. The average Bonchev–Trinajstić information content (AvgIpc) is 0.708. The molecule has 0 bridgehead atoms. The predicted octanol–water partition coefficient (Wildman–Crippen LogP) is 27.5. The van der Waals surface area contributed by atoms with Crippen LogP contribution in [0, 0.1) is 62.3 Å². The number of aromatic nitrogens is 3. The van der Waals surface area contributed by atoms with Gasteiger partial charge >= 0.3 is 0 Å². The van der Waals surface area contributed by atoms with Gasteiger partial charge in [0.15, 0.2) is 18.6 Å². The molecule has 12 aromatic carbocycles. The van der Waals surface area contributed by atoms with Crippen LogP contribution in [0.15, 0.2) is 255 Å². The Balaban J connectivity index is 0.000000129. The molecule has 3 aliphatic rings. The fourth-order valence-corrected chi connectivity index (χ4v) is 20.6. The molecule has 114 heavy (non-hydrogen) atoms. The summed E-state index contributed by atoms with van der Waals surface area (Å²) in [7, 11) is 6.55. The molecule has 0 aliphatic heterocycles. The maximum Gasteiger partial charge on any atom is 0.213 e. The van der Waals surface area contributed by atoms with Crippen molar-refractivity contribution >= 4 is 32.3 Å². The topological polar surface area (TPSA) is 11.6 Å². The lowest BCUT2D eigenvalue weighted by atomic mass is 9.54. The smallest absolute Gasteiger partial charge is 0.201 e. The summed E-state index contributed by atoms with van der Waals surface area (Å²) in [5.41, 5.74) is 44.4. The lowest BCUT2D eigenvalue weighted by molar-refractivity contribution is -0.660. The molecule has 0 spiro atoms. The zero-order valence-electron chi connectivity index (χ0n) is 72.1. The van der Waals surface area contributed by atoms with Crippen LogP contribution in [0.5, 0.6) is 0 Å². The van der Waals surface area contributed by atoms with Crippen LogP contribution < -0.4 is 13.7 Å². The van der Waals surface area contributed by atoms with Crippen molar-refractivity contribution in [1.29, 1.82) is 0 Å². The Hall–Kier alpha value is -11.1. The van der Waals surface area contributed by atoms with Gasteiger partial charge in [-0.3, -0.25) is 0 Å². The molecule has 570 valence electrons. The zero-order valence-corrected chi connectivity index (χ0v) is 72.1. The van der Waals surface area contributed by atoms with Gasteiger partial charge in [-0.1, -0.05) is 271 Å². The lowest BCUT2D eigenvalue weighted by Crippen LogP contribution is -2.44. The van der Waals surface area contributed by atoms with Crippen LogP contribution in [0.4, 0.5) is 0 Å². The van der Waals surface area contributed by atoms with Crippen LogP contribution in [-0.2, 0) is 53.6 Å². The number of rotatable bonds is 6. The highest BCUT2D eigenvalue weighted by molar-refractivity contribution is 6.02. The number of hydrogen-bond donors (Lipinski definition) is 0. The molecule has 3 aromatic heterocycles. The minimum absolute atomic E-state index is 0.0159. The molecule has 3 heterocycles. The summed E-state index contributed by atoms with van der Waals surface area (Å²) in [5.74, 6) is 0. The molecular formula is C111H114N3+3. The molecular weight excluding hydrogens is 1380 g/mol. The van der Waals surface area contributed by atoms with Crippen LogP contribution in [0.25, 0.3) is 133 Å². The summed E-state index contributed by atoms with van der Waals surface area (Å²) < 4.78 is 6.91. The van der Waals surface area contributed by atoms with Crippen LogP contribution >= 0.6 is 0 Å². The molecule has 0 fully saturated rings. The number of benzene rings is 12. The van der Waals surface area contributed by atoms with Crippen molar-refractivity contribution in [3.63, 3.8) is 0 Å². The Labute approximate surface area is 679 Å². The van der Waals surface area contributed by atoms with E-state index in [0.29, 0.717) is 0 Å². The summed E-state index contributed by atoms with van der Waals surface area (Å²) in [5, 5.41) is 7.99. The predicted molar refractivity (Wildman–Crippen MR) is 485 cm³/mol. The Kier molecular flexibility index (Phi) is 18.8. The van der Waals surface area contributed by atoms with E-state index in [4.69, 9.17) is 0 Å². The van der Waals surface area contributed by atoms with E-state index in [1.165, 1.54) is 216 Å². The fourth-order valence-electron chi connectivity index (χ4n) is 20.6. The molecule has 0 saturated carbocycles. The highest BCUT2D eigenvalue weighted by atomic mass is 14.9. The van der Waals surface area contributed by atoms with Crippen molar-refractivity contribution in [2.45, 2.75) is 178 Å². The summed E-state index contributed by atoms with van der Waals surface area (Å²) >= 11 is 0. The number of pyridine rings is 3. The van der Waals surface area contributed by atoms with E-state index in [9.17, 15) is 0 Å². The first-order valence-corrected chi connectivity index (χ1v) is 41.3. The highest BCUT2D eigenvalue weighted by Gasteiger charge is 2.51. The summed E-state index contributed by atoms with van der Waals surface area (Å²) in [6, 6.07) is 88.3. The minimum atomic E-state index is -0.0539. The second-order valence-electron chi connectivity index (χ2n) is 37.0. The van der Waals surface area contributed by atoms with Crippen molar-refractivity contribution < 1.29 is 13.7 Å². The maximum absolute atomic E-state index is 2.51. The van der Waals surface area contributed by atoms with Gasteiger partial charge in [-0.25, -0.2) is 13.7 Å². The summed E-state index contributed by atoms with van der Waals surface area (Å²) in [4.78, 5) is 0. The number of fused-ring (bicyclic) bond motifs is 14. The Morgan fingerprint density at radius 2 is 0.632 bits per heavy atom. The van der Waals surface area contributed by atoms with Gasteiger partial charge in [0, 0.05) is 57.0 Å². The first-order chi connectivity index (χ1) is 54.1. The van der Waals surface area contributed by atoms with Gasteiger partial charge in [0.05, 0.1) is 0 Å². The third kappa shape index (κ3) is 12.0. The van der Waals surface area contributed by atoms with E-state index in [1.807, 2.05) is 0 Å². The molecule has 3 nitrogen and oxygen atoms in total. The maximum atomic E-state index is 2.51. The molecule has 0 unspecified atom stereocenters. The average molecular weight is 1490 g/mol. The first kappa shape index (κ1) is 76.8. The minimum Gasteiger partial charge on any atom is -0.201 e. The molecule has 0 saturated heterocycles. The van der Waals surface area contributed by atoms with E-state index in [0.717, 1.165) is 0 Å². The molecule has 15 aromatic rings. The zero-order chi connectivity index (χ0) is 80.9.